The number of likely N-dealkylation sites (tertiary alicyclic amines) is 1. The first-order valence-electron chi connectivity index (χ1n) is 10.1. The molecule has 5 fully saturated rings. The Hall–Kier alpha value is -0.610. The number of hydrogen-bond donors (Lipinski definition) is 0. The minimum atomic E-state index is -0.118. The average molecular weight is 335 g/mol. The standard InChI is InChI=1S/C20H33NO3/c1-3-7-23-18-5-4-6-21(13-18)19-16-8-15-9-17(19)12-20(10-15,11-16)24-14(2)22/h15-19H,3-13H2,1-2H3. The third kappa shape index (κ3) is 3.12. The molecule has 0 radical (unpaired) electrons. The van der Waals surface area contributed by atoms with Crippen LogP contribution in [0, 0.1) is 17.8 Å². The Labute approximate surface area is 146 Å². The van der Waals surface area contributed by atoms with Gasteiger partial charge < -0.3 is 9.47 Å². The molecule has 0 amide bonds. The summed E-state index contributed by atoms with van der Waals surface area (Å²) in [5.74, 6) is 2.15. The van der Waals surface area contributed by atoms with Crippen LogP contribution in [0.15, 0.2) is 0 Å². The quantitative estimate of drug-likeness (QED) is 0.722. The molecular weight excluding hydrogens is 302 g/mol. The van der Waals surface area contributed by atoms with Gasteiger partial charge in [-0.25, -0.2) is 0 Å². The van der Waals surface area contributed by atoms with Crippen LogP contribution in [-0.4, -0.2) is 48.3 Å². The molecule has 136 valence electrons. The van der Waals surface area contributed by atoms with E-state index in [1.165, 1.54) is 32.2 Å². The predicted octanol–water partition coefficient (Wildman–Crippen LogP) is 3.39. The first kappa shape index (κ1) is 16.8. The van der Waals surface area contributed by atoms with Crippen molar-refractivity contribution in [2.24, 2.45) is 17.8 Å². The van der Waals surface area contributed by atoms with Crippen molar-refractivity contribution in [3.63, 3.8) is 0 Å². The Bertz CT molecular complexity index is 464. The maximum absolute atomic E-state index is 11.6. The monoisotopic (exact) mass is 335 g/mol. The summed E-state index contributed by atoms with van der Waals surface area (Å²) in [6.45, 7) is 7.01. The van der Waals surface area contributed by atoms with Crippen molar-refractivity contribution >= 4 is 5.97 Å². The van der Waals surface area contributed by atoms with Gasteiger partial charge >= 0.3 is 5.97 Å². The fourth-order valence-electron chi connectivity index (χ4n) is 6.61. The third-order valence-electron chi connectivity index (χ3n) is 6.92. The average Bonchev–Trinajstić information content (AvgIpc) is 2.51. The summed E-state index contributed by atoms with van der Waals surface area (Å²) in [6, 6.07) is 0.707. The molecule has 4 aliphatic carbocycles. The fourth-order valence-corrected chi connectivity index (χ4v) is 6.61. The van der Waals surface area contributed by atoms with Gasteiger partial charge in [0.25, 0.3) is 0 Å². The van der Waals surface area contributed by atoms with Gasteiger partial charge in [0.05, 0.1) is 6.10 Å². The lowest BCUT2D eigenvalue weighted by molar-refractivity contribution is -0.199. The predicted molar refractivity (Wildman–Crippen MR) is 92.7 cm³/mol. The van der Waals surface area contributed by atoms with Crippen molar-refractivity contribution < 1.29 is 14.3 Å². The summed E-state index contributed by atoms with van der Waals surface area (Å²) in [7, 11) is 0. The minimum absolute atomic E-state index is 0.0838. The molecule has 3 atom stereocenters. The lowest BCUT2D eigenvalue weighted by atomic mass is 9.51. The highest BCUT2D eigenvalue weighted by molar-refractivity contribution is 5.66. The van der Waals surface area contributed by atoms with E-state index in [0.717, 1.165) is 56.6 Å². The van der Waals surface area contributed by atoms with Crippen molar-refractivity contribution in [1.82, 2.24) is 4.90 Å². The molecule has 5 aliphatic rings. The topological polar surface area (TPSA) is 38.8 Å². The summed E-state index contributed by atoms with van der Waals surface area (Å²) in [5.41, 5.74) is -0.118. The van der Waals surface area contributed by atoms with Crippen LogP contribution < -0.4 is 0 Å². The first-order valence-corrected chi connectivity index (χ1v) is 10.1. The molecule has 4 heteroatoms. The van der Waals surface area contributed by atoms with Crippen LogP contribution in [0.1, 0.15) is 65.2 Å². The molecule has 0 spiro atoms. The van der Waals surface area contributed by atoms with E-state index < -0.39 is 0 Å². The first-order chi connectivity index (χ1) is 11.6. The highest BCUT2D eigenvalue weighted by Crippen LogP contribution is 2.58. The molecule has 3 unspecified atom stereocenters. The van der Waals surface area contributed by atoms with E-state index in [1.807, 2.05) is 0 Å². The molecule has 24 heavy (non-hydrogen) atoms. The number of rotatable bonds is 5. The highest BCUT2D eigenvalue weighted by atomic mass is 16.6. The molecule has 0 aromatic rings. The molecule has 4 nitrogen and oxygen atoms in total. The van der Waals surface area contributed by atoms with Gasteiger partial charge in [-0.3, -0.25) is 9.69 Å². The number of ether oxygens (including phenoxy) is 2. The van der Waals surface area contributed by atoms with Crippen LogP contribution in [0.3, 0.4) is 0 Å². The molecule has 0 N–H and O–H groups in total. The van der Waals surface area contributed by atoms with Crippen LogP contribution in [0.5, 0.6) is 0 Å². The van der Waals surface area contributed by atoms with Gasteiger partial charge in [-0.15, -0.1) is 0 Å². The highest BCUT2D eigenvalue weighted by Gasteiger charge is 2.58. The number of esters is 1. The lowest BCUT2D eigenvalue weighted by Gasteiger charge is -2.61. The normalized spacial score (nSPS) is 44.7. The molecule has 4 bridgehead atoms. The van der Waals surface area contributed by atoms with E-state index in [-0.39, 0.29) is 11.6 Å². The summed E-state index contributed by atoms with van der Waals surface area (Å²) in [4.78, 5) is 14.4. The summed E-state index contributed by atoms with van der Waals surface area (Å²) in [5, 5.41) is 0. The molecule has 0 aromatic heterocycles. The van der Waals surface area contributed by atoms with Gasteiger partial charge in [-0.2, -0.15) is 0 Å². The number of carbonyl (C=O) groups excluding carboxylic acids is 1. The molecule has 4 saturated carbocycles. The van der Waals surface area contributed by atoms with E-state index in [2.05, 4.69) is 11.8 Å². The Morgan fingerprint density at radius 1 is 1.21 bits per heavy atom. The van der Waals surface area contributed by atoms with Gasteiger partial charge in [0.15, 0.2) is 0 Å². The molecular formula is C20H33NO3. The van der Waals surface area contributed by atoms with E-state index in [0.29, 0.717) is 12.1 Å². The van der Waals surface area contributed by atoms with E-state index in [1.54, 1.807) is 6.92 Å². The lowest BCUT2D eigenvalue weighted by Crippen LogP contribution is -2.64. The van der Waals surface area contributed by atoms with Gasteiger partial charge in [0, 0.05) is 26.1 Å². The van der Waals surface area contributed by atoms with Crippen LogP contribution in [0.2, 0.25) is 0 Å². The number of piperidine rings is 1. The number of carbonyl (C=O) groups is 1. The van der Waals surface area contributed by atoms with Crippen LogP contribution in [0.4, 0.5) is 0 Å². The summed E-state index contributed by atoms with van der Waals surface area (Å²) >= 11 is 0. The Morgan fingerprint density at radius 3 is 2.62 bits per heavy atom. The summed E-state index contributed by atoms with van der Waals surface area (Å²) < 4.78 is 11.9. The van der Waals surface area contributed by atoms with E-state index >= 15 is 0 Å². The second-order valence-electron chi connectivity index (χ2n) is 8.87. The zero-order valence-electron chi connectivity index (χ0n) is 15.3. The molecule has 1 saturated heterocycles. The zero-order valence-corrected chi connectivity index (χ0v) is 15.3. The Balaban J connectivity index is 1.45. The van der Waals surface area contributed by atoms with Gasteiger partial charge in [0.2, 0.25) is 0 Å². The van der Waals surface area contributed by atoms with Crippen LogP contribution in [0.25, 0.3) is 0 Å². The number of hydrogen-bond acceptors (Lipinski definition) is 4. The molecule has 0 aromatic carbocycles. The minimum Gasteiger partial charge on any atom is -0.459 e. The van der Waals surface area contributed by atoms with Crippen LogP contribution in [-0.2, 0) is 14.3 Å². The number of nitrogens with zero attached hydrogens (tertiary/aromatic N) is 1. The van der Waals surface area contributed by atoms with Crippen molar-refractivity contribution in [1.29, 1.82) is 0 Å². The molecule has 1 heterocycles. The van der Waals surface area contributed by atoms with Crippen molar-refractivity contribution in [3.05, 3.63) is 0 Å². The Kier molecular flexibility index (Phi) is 4.63. The second kappa shape index (κ2) is 6.60. The van der Waals surface area contributed by atoms with E-state index in [4.69, 9.17) is 9.47 Å². The third-order valence-corrected chi connectivity index (χ3v) is 6.92. The van der Waals surface area contributed by atoms with E-state index in [9.17, 15) is 4.79 Å². The largest absolute Gasteiger partial charge is 0.459 e. The van der Waals surface area contributed by atoms with Crippen molar-refractivity contribution in [2.75, 3.05) is 19.7 Å². The SMILES string of the molecule is CCCOC1CCCN(C2C3CC4CC2CC(OC(C)=O)(C4)C3)C1. The fraction of sp³-hybridized carbons (Fsp3) is 0.950. The second-order valence-corrected chi connectivity index (χ2v) is 8.87. The van der Waals surface area contributed by atoms with Gasteiger partial charge in [0.1, 0.15) is 5.60 Å². The van der Waals surface area contributed by atoms with Gasteiger partial charge in [-0.1, -0.05) is 6.92 Å². The Morgan fingerprint density at radius 2 is 1.96 bits per heavy atom. The molecule has 5 rings (SSSR count). The maximum atomic E-state index is 11.6. The maximum Gasteiger partial charge on any atom is 0.303 e. The zero-order chi connectivity index (χ0) is 16.7. The van der Waals surface area contributed by atoms with Crippen LogP contribution >= 0.6 is 0 Å². The van der Waals surface area contributed by atoms with Crippen molar-refractivity contribution in [3.8, 4) is 0 Å². The summed E-state index contributed by atoms with van der Waals surface area (Å²) in [6.07, 6.45) is 10.0. The smallest absolute Gasteiger partial charge is 0.303 e. The van der Waals surface area contributed by atoms with Crippen molar-refractivity contribution in [2.45, 2.75) is 83.0 Å². The molecule has 1 aliphatic heterocycles. The van der Waals surface area contributed by atoms with Gasteiger partial charge in [-0.05, 0) is 75.7 Å².